The molecule has 0 amide bonds. The first-order chi connectivity index (χ1) is 28.0. The Labute approximate surface area is 332 Å². The summed E-state index contributed by atoms with van der Waals surface area (Å²) in [6, 6.07) is 72.7. The van der Waals surface area contributed by atoms with Gasteiger partial charge in [-0.15, -0.1) is 0 Å². The highest BCUT2D eigenvalue weighted by Gasteiger charge is 2.35. The Morgan fingerprint density at radius 3 is 1.58 bits per heavy atom. The molecule has 2 nitrogen and oxygen atoms in total. The minimum Gasteiger partial charge on any atom is -0.456 e. The van der Waals surface area contributed by atoms with Crippen molar-refractivity contribution in [3.05, 3.63) is 211 Å². The molecule has 0 N–H and O–H groups in total. The van der Waals surface area contributed by atoms with Crippen molar-refractivity contribution in [3.8, 4) is 44.5 Å². The van der Waals surface area contributed by atoms with E-state index in [2.05, 4.69) is 207 Å². The maximum Gasteiger partial charge on any atom is 0.135 e. The van der Waals surface area contributed by atoms with Crippen LogP contribution in [0.25, 0.3) is 77.2 Å². The van der Waals surface area contributed by atoms with Crippen molar-refractivity contribution in [3.63, 3.8) is 0 Å². The number of furan rings is 1. The molecule has 0 saturated heterocycles. The summed E-state index contributed by atoms with van der Waals surface area (Å²) < 4.78 is 6.15. The summed E-state index contributed by atoms with van der Waals surface area (Å²) >= 11 is 0. The number of hydrogen-bond acceptors (Lipinski definition) is 2. The molecule has 0 unspecified atom stereocenters. The molecule has 10 aromatic rings. The summed E-state index contributed by atoms with van der Waals surface area (Å²) in [5.74, 6) is 0. The smallest absolute Gasteiger partial charge is 0.135 e. The van der Waals surface area contributed by atoms with Gasteiger partial charge in [-0.3, -0.25) is 0 Å². The fourth-order valence-electron chi connectivity index (χ4n) is 9.20. The molecule has 0 atom stereocenters. The van der Waals surface area contributed by atoms with E-state index in [4.69, 9.17) is 4.42 Å². The van der Waals surface area contributed by atoms with Crippen LogP contribution in [0, 0.1) is 0 Å². The SMILES string of the molecule is CC1(C)c2ccccc2-c2ccc(N(c3ccc(-c4ccccc4)cc3)c3ccc(-c4ccc(-c5ccc6oc7ccccc7c6c5)c5ccccc45)cc3)cc21. The fourth-order valence-corrected chi connectivity index (χ4v) is 9.20. The van der Waals surface area contributed by atoms with Crippen molar-refractivity contribution in [1.82, 2.24) is 0 Å². The van der Waals surface area contributed by atoms with Crippen LogP contribution < -0.4 is 4.90 Å². The van der Waals surface area contributed by atoms with E-state index in [1.807, 2.05) is 12.1 Å². The van der Waals surface area contributed by atoms with Crippen LogP contribution in [0.4, 0.5) is 17.1 Å². The summed E-state index contributed by atoms with van der Waals surface area (Å²) in [7, 11) is 0. The molecule has 0 aliphatic heterocycles. The quantitative estimate of drug-likeness (QED) is 0.169. The highest BCUT2D eigenvalue weighted by molar-refractivity contribution is 6.09. The Bertz CT molecular complexity index is 3130. The lowest BCUT2D eigenvalue weighted by Crippen LogP contribution is -2.16. The molecule has 9 aromatic carbocycles. The molecular weight excluding hydrogens is 691 g/mol. The van der Waals surface area contributed by atoms with Gasteiger partial charge < -0.3 is 9.32 Å². The number of rotatable bonds is 6. The molecule has 1 aliphatic rings. The summed E-state index contributed by atoms with van der Waals surface area (Å²) in [6.07, 6.45) is 0. The van der Waals surface area contributed by atoms with Gasteiger partial charge in [0.1, 0.15) is 11.2 Å². The second kappa shape index (κ2) is 13.0. The molecule has 1 aliphatic carbocycles. The molecule has 0 radical (unpaired) electrons. The number of fused-ring (bicyclic) bond motifs is 7. The van der Waals surface area contributed by atoms with Gasteiger partial charge in [0.2, 0.25) is 0 Å². The van der Waals surface area contributed by atoms with Crippen LogP contribution in [0.2, 0.25) is 0 Å². The van der Waals surface area contributed by atoms with E-state index in [1.165, 1.54) is 66.4 Å². The van der Waals surface area contributed by atoms with Gasteiger partial charge in [-0.2, -0.15) is 0 Å². The molecule has 0 bridgehead atoms. The largest absolute Gasteiger partial charge is 0.456 e. The van der Waals surface area contributed by atoms with Crippen molar-refractivity contribution in [2.75, 3.05) is 4.90 Å². The van der Waals surface area contributed by atoms with E-state index < -0.39 is 0 Å². The second-order valence-electron chi connectivity index (χ2n) is 15.7. The Hall–Kier alpha value is -7.16. The number of benzene rings is 9. The third-order valence-corrected chi connectivity index (χ3v) is 12.1. The Morgan fingerprint density at radius 2 is 0.842 bits per heavy atom. The standard InChI is InChI=1S/C55H39NO/c1-55(2)51-18-10-8-16-47(51)48-30-29-42(35-52(48)55)56(40-25-20-37(21-26-40)36-12-4-3-5-13-36)41-27-22-38(23-28-41)43-31-32-44(46-15-7-6-14-45(43)46)39-24-33-54-50(34-39)49-17-9-11-19-53(49)57-54/h3-35H,1-2H3. The van der Waals surface area contributed by atoms with Gasteiger partial charge in [0.05, 0.1) is 0 Å². The lowest BCUT2D eigenvalue weighted by molar-refractivity contribution is 0.660. The topological polar surface area (TPSA) is 16.4 Å². The fraction of sp³-hybridized carbons (Fsp3) is 0.0545. The van der Waals surface area contributed by atoms with Crippen molar-refractivity contribution < 1.29 is 4.42 Å². The van der Waals surface area contributed by atoms with Crippen molar-refractivity contribution in [2.45, 2.75) is 19.3 Å². The number of nitrogens with zero attached hydrogens (tertiary/aromatic N) is 1. The van der Waals surface area contributed by atoms with E-state index in [0.717, 1.165) is 39.0 Å². The highest BCUT2D eigenvalue weighted by Crippen LogP contribution is 2.51. The van der Waals surface area contributed by atoms with E-state index in [9.17, 15) is 0 Å². The lowest BCUT2D eigenvalue weighted by Gasteiger charge is -2.28. The van der Waals surface area contributed by atoms with Gasteiger partial charge in [0.15, 0.2) is 0 Å². The molecule has 11 rings (SSSR count). The Kier molecular flexibility index (Phi) is 7.55. The normalized spacial score (nSPS) is 12.9. The predicted molar refractivity (Wildman–Crippen MR) is 240 cm³/mol. The summed E-state index contributed by atoms with van der Waals surface area (Å²) in [6.45, 7) is 4.70. The average molecular weight is 730 g/mol. The highest BCUT2D eigenvalue weighted by atomic mass is 16.3. The molecule has 0 spiro atoms. The first-order valence-corrected chi connectivity index (χ1v) is 19.8. The first-order valence-electron chi connectivity index (χ1n) is 19.8. The van der Waals surface area contributed by atoms with Crippen molar-refractivity contribution in [2.24, 2.45) is 0 Å². The summed E-state index contributed by atoms with van der Waals surface area (Å²) in [5.41, 5.74) is 17.7. The van der Waals surface area contributed by atoms with E-state index >= 15 is 0 Å². The molecule has 0 fully saturated rings. The number of anilines is 3. The lowest BCUT2D eigenvalue weighted by atomic mass is 9.82. The van der Waals surface area contributed by atoms with E-state index in [-0.39, 0.29) is 5.41 Å². The van der Waals surface area contributed by atoms with Crippen molar-refractivity contribution >= 4 is 49.8 Å². The van der Waals surface area contributed by atoms with Gasteiger partial charge in [0, 0.05) is 33.2 Å². The molecule has 270 valence electrons. The van der Waals surface area contributed by atoms with Crippen LogP contribution in [-0.4, -0.2) is 0 Å². The van der Waals surface area contributed by atoms with Crippen LogP contribution in [-0.2, 0) is 5.41 Å². The van der Waals surface area contributed by atoms with Gasteiger partial charge in [-0.25, -0.2) is 0 Å². The summed E-state index contributed by atoms with van der Waals surface area (Å²) in [4.78, 5) is 2.40. The van der Waals surface area contributed by atoms with Gasteiger partial charge in [-0.05, 0) is 121 Å². The van der Waals surface area contributed by atoms with Crippen LogP contribution in [0.5, 0.6) is 0 Å². The molecular formula is C55H39NO. The molecule has 1 heterocycles. The maximum atomic E-state index is 6.15. The maximum absolute atomic E-state index is 6.15. The van der Waals surface area contributed by atoms with E-state index in [0.29, 0.717) is 0 Å². The third kappa shape index (κ3) is 5.40. The predicted octanol–water partition coefficient (Wildman–Crippen LogP) is 15.5. The van der Waals surface area contributed by atoms with Crippen LogP contribution >= 0.6 is 0 Å². The molecule has 1 aromatic heterocycles. The zero-order valence-corrected chi connectivity index (χ0v) is 31.9. The van der Waals surface area contributed by atoms with Gasteiger partial charge in [-0.1, -0.05) is 159 Å². The van der Waals surface area contributed by atoms with Crippen LogP contribution in [0.1, 0.15) is 25.0 Å². The van der Waals surface area contributed by atoms with Crippen molar-refractivity contribution in [1.29, 1.82) is 0 Å². The minimum atomic E-state index is -0.0973. The number of hydrogen-bond donors (Lipinski definition) is 0. The first kappa shape index (κ1) is 33.2. The van der Waals surface area contributed by atoms with Gasteiger partial charge >= 0.3 is 0 Å². The van der Waals surface area contributed by atoms with Crippen LogP contribution in [0.15, 0.2) is 205 Å². The van der Waals surface area contributed by atoms with Gasteiger partial charge in [0.25, 0.3) is 0 Å². The Balaban J connectivity index is 1.000. The van der Waals surface area contributed by atoms with Crippen LogP contribution in [0.3, 0.4) is 0 Å². The summed E-state index contributed by atoms with van der Waals surface area (Å²) in [5, 5.41) is 4.75. The third-order valence-electron chi connectivity index (χ3n) is 12.1. The molecule has 0 saturated carbocycles. The second-order valence-corrected chi connectivity index (χ2v) is 15.7. The minimum absolute atomic E-state index is 0.0973. The zero-order valence-electron chi connectivity index (χ0n) is 31.9. The molecule has 57 heavy (non-hydrogen) atoms. The zero-order chi connectivity index (χ0) is 38.1. The monoisotopic (exact) mass is 729 g/mol. The number of para-hydroxylation sites is 1. The Morgan fingerprint density at radius 1 is 0.333 bits per heavy atom. The van der Waals surface area contributed by atoms with E-state index in [1.54, 1.807) is 0 Å². The average Bonchev–Trinajstić information content (AvgIpc) is 3.75. The molecule has 2 heteroatoms.